The van der Waals surface area contributed by atoms with Crippen molar-refractivity contribution in [1.82, 2.24) is 4.98 Å². The van der Waals surface area contributed by atoms with E-state index in [4.69, 9.17) is 12.2 Å². The average Bonchev–Trinajstić information content (AvgIpc) is 3.10. The van der Waals surface area contributed by atoms with E-state index in [0.29, 0.717) is 21.8 Å². The summed E-state index contributed by atoms with van der Waals surface area (Å²) in [6.07, 6.45) is 0. The first-order valence-corrected chi connectivity index (χ1v) is 9.59. The maximum atomic E-state index is 10.8. The van der Waals surface area contributed by atoms with Crippen LogP contribution in [0.15, 0.2) is 53.9 Å². The maximum absolute atomic E-state index is 10.8. The van der Waals surface area contributed by atoms with E-state index in [1.54, 1.807) is 12.1 Å². The largest absolute Gasteiger partial charge is 0.332 e. The Bertz CT molecular complexity index is 968. The molecule has 3 rings (SSSR count). The molecule has 0 saturated carbocycles. The molecule has 0 saturated heterocycles. The van der Waals surface area contributed by atoms with Crippen LogP contribution in [0.5, 0.6) is 0 Å². The fraction of sp³-hybridized carbons (Fsp3) is 0.158. The molecule has 0 bridgehead atoms. The van der Waals surface area contributed by atoms with Crippen molar-refractivity contribution in [2.24, 2.45) is 0 Å². The number of thiocarbonyl (C=S) groups is 1. The first-order valence-electron chi connectivity index (χ1n) is 8.30. The van der Waals surface area contributed by atoms with Gasteiger partial charge in [0.1, 0.15) is 0 Å². The fourth-order valence-corrected chi connectivity index (χ4v) is 3.46. The van der Waals surface area contributed by atoms with Gasteiger partial charge in [-0.3, -0.25) is 10.1 Å². The molecule has 138 valence electrons. The van der Waals surface area contributed by atoms with Crippen LogP contribution in [0.1, 0.15) is 25.3 Å². The van der Waals surface area contributed by atoms with E-state index in [9.17, 15) is 10.1 Å². The zero-order chi connectivity index (χ0) is 19.4. The van der Waals surface area contributed by atoms with E-state index < -0.39 is 4.92 Å². The average molecular weight is 399 g/mol. The molecule has 27 heavy (non-hydrogen) atoms. The topological polar surface area (TPSA) is 80.1 Å². The quantitative estimate of drug-likeness (QED) is 0.328. The number of thiazole rings is 1. The van der Waals surface area contributed by atoms with Crippen LogP contribution in [-0.4, -0.2) is 15.0 Å². The zero-order valence-corrected chi connectivity index (χ0v) is 16.4. The smallest absolute Gasteiger partial charge is 0.271 e. The lowest BCUT2D eigenvalue weighted by Crippen LogP contribution is -2.18. The van der Waals surface area contributed by atoms with Crippen LogP contribution < -0.4 is 10.6 Å². The van der Waals surface area contributed by atoms with Crippen molar-refractivity contribution in [1.29, 1.82) is 0 Å². The highest BCUT2D eigenvalue weighted by Crippen LogP contribution is 2.26. The minimum Gasteiger partial charge on any atom is -0.332 e. The lowest BCUT2D eigenvalue weighted by atomic mass is 10.0. The van der Waals surface area contributed by atoms with Crippen molar-refractivity contribution in [3.8, 4) is 11.3 Å². The molecular weight excluding hydrogens is 380 g/mol. The molecule has 0 aliphatic carbocycles. The van der Waals surface area contributed by atoms with Crippen molar-refractivity contribution in [3.05, 3.63) is 69.6 Å². The minimum absolute atomic E-state index is 0.00387. The van der Waals surface area contributed by atoms with Gasteiger partial charge >= 0.3 is 0 Å². The van der Waals surface area contributed by atoms with Gasteiger partial charge in [0.25, 0.3) is 5.69 Å². The van der Waals surface area contributed by atoms with Crippen LogP contribution in [0.3, 0.4) is 0 Å². The predicted octanol–water partition coefficient (Wildman–Crippen LogP) is 5.65. The summed E-state index contributed by atoms with van der Waals surface area (Å²) in [6, 6.07) is 14.5. The number of benzene rings is 2. The van der Waals surface area contributed by atoms with Gasteiger partial charge in [-0.2, -0.15) is 0 Å². The van der Waals surface area contributed by atoms with E-state index in [-0.39, 0.29) is 5.69 Å². The zero-order valence-electron chi connectivity index (χ0n) is 14.8. The van der Waals surface area contributed by atoms with Gasteiger partial charge in [0.2, 0.25) is 0 Å². The standard InChI is InChI=1S/C19H18N4O2S2/c1-12(2)13-6-8-14(9-7-13)17-11-27-19(21-17)22-18(26)20-15-4-3-5-16(10-15)23(24)25/h3-12H,1-2H3,(H2,20,21,22,26). The number of aromatic nitrogens is 1. The Morgan fingerprint density at radius 3 is 2.59 bits per heavy atom. The van der Waals surface area contributed by atoms with Crippen LogP contribution in [0.4, 0.5) is 16.5 Å². The molecule has 0 amide bonds. The monoisotopic (exact) mass is 398 g/mol. The Balaban J connectivity index is 1.65. The lowest BCUT2D eigenvalue weighted by molar-refractivity contribution is -0.384. The highest BCUT2D eigenvalue weighted by molar-refractivity contribution is 7.80. The summed E-state index contributed by atoms with van der Waals surface area (Å²) in [6.45, 7) is 4.32. The highest BCUT2D eigenvalue weighted by Gasteiger charge is 2.09. The molecule has 0 fully saturated rings. The van der Waals surface area contributed by atoms with E-state index in [1.807, 2.05) is 5.38 Å². The summed E-state index contributed by atoms with van der Waals surface area (Å²) in [5.41, 5.74) is 3.75. The maximum Gasteiger partial charge on any atom is 0.271 e. The molecule has 3 aromatic rings. The van der Waals surface area contributed by atoms with E-state index in [0.717, 1.165) is 11.3 Å². The third-order valence-electron chi connectivity index (χ3n) is 3.91. The van der Waals surface area contributed by atoms with Crippen molar-refractivity contribution in [3.63, 3.8) is 0 Å². The highest BCUT2D eigenvalue weighted by atomic mass is 32.1. The minimum atomic E-state index is -0.445. The number of nitro groups is 1. The molecular formula is C19H18N4O2S2. The van der Waals surface area contributed by atoms with Crippen LogP contribution in [0, 0.1) is 10.1 Å². The second-order valence-electron chi connectivity index (χ2n) is 6.20. The number of rotatable bonds is 5. The third kappa shape index (κ3) is 4.87. The SMILES string of the molecule is CC(C)c1ccc(-c2csc(NC(=S)Nc3cccc([N+](=O)[O-])c3)n2)cc1. The van der Waals surface area contributed by atoms with Gasteiger partial charge in [0, 0.05) is 28.8 Å². The second kappa shape index (κ2) is 8.24. The summed E-state index contributed by atoms with van der Waals surface area (Å²) in [4.78, 5) is 15.0. The summed E-state index contributed by atoms with van der Waals surface area (Å²) in [5, 5.41) is 19.7. The van der Waals surface area contributed by atoms with Gasteiger partial charge in [-0.25, -0.2) is 4.98 Å². The molecule has 0 aliphatic heterocycles. The Kier molecular flexibility index (Phi) is 5.78. The van der Waals surface area contributed by atoms with Crippen LogP contribution in [-0.2, 0) is 0 Å². The van der Waals surface area contributed by atoms with Crippen LogP contribution in [0.2, 0.25) is 0 Å². The predicted molar refractivity (Wildman–Crippen MR) is 115 cm³/mol. The van der Waals surface area contributed by atoms with E-state index >= 15 is 0 Å². The summed E-state index contributed by atoms with van der Waals surface area (Å²) in [5.74, 6) is 0.490. The Morgan fingerprint density at radius 2 is 1.93 bits per heavy atom. The van der Waals surface area contributed by atoms with Crippen molar-refractivity contribution >= 4 is 45.2 Å². The Labute approximate surface area is 166 Å². The number of anilines is 2. The molecule has 2 aromatic carbocycles. The van der Waals surface area contributed by atoms with Gasteiger partial charge in [0.05, 0.1) is 10.6 Å². The Morgan fingerprint density at radius 1 is 1.19 bits per heavy atom. The molecule has 2 N–H and O–H groups in total. The molecule has 0 unspecified atom stereocenters. The summed E-state index contributed by atoms with van der Waals surface area (Å²) >= 11 is 6.72. The van der Waals surface area contributed by atoms with Gasteiger partial charge in [-0.1, -0.05) is 44.2 Å². The normalized spacial score (nSPS) is 10.6. The number of hydrogen-bond acceptors (Lipinski definition) is 5. The molecule has 0 radical (unpaired) electrons. The van der Waals surface area contributed by atoms with Gasteiger partial charge < -0.3 is 10.6 Å². The Hall–Kier alpha value is -2.84. The van der Waals surface area contributed by atoms with Crippen molar-refractivity contribution in [2.75, 3.05) is 10.6 Å². The van der Waals surface area contributed by atoms with E-state index in [2.05, 4.69) is 53.7 Å². The van der Waals surface area contributed by atoms with Crippen LogP contribution >= 0.6 is 23.6 Å². The number of non-ortho nitro benzene ring substituents is 1. The van der Waals surface area contributed by atoms with Crippen molar-refractivity contribution in [2.45, 2.75) is 19.8 Å². The second-order valence-corrected chi connectivity index (χ2v) is 7.47. The molecule has 0 atom stereocenters. The van der Waals surface area contributed by atoms with Gasteiger partial charge in [-0.05, 0) is 29.8 Å². The molecule has 1 heterocycles. The van der Waals surface area contributed by atoms with Gasteiger partial charge in [-0.15, -0.1) is 11.3 Å². The number of nitrogens with one attached hydrogen (secondary N) is 2. The lowest BCUT2D eigenvalue weighted by Gasteiger charge is -2.08. The summed E-state index contributed by atoms with van der Waals surface area (Å²) < 4.78 is 0. The first-order chi connectivity index (χ1) is 12.9. The number of hydrogen-bond donors (Lipinski definition) is 2. The van der Waals surface area contributed by atoms with Gasteiger partial charge in [0.15, 0.2) is 10.2 Å². The number of nitrogens with zero attached hydrogens (tertiary/aromatic N) is 2. The molecule has 8 heteroatoms. The third-order valence-corrected chi connectivity index (χ3v) is 4.87. The number of nitro benzene ring substituents is 1. The molecule has 0 spiro atoms. The first kappa shape index (κ1) is 18.9. The van der Waals surface area contributed by atoms with Crippen LogP contribution in [0.25, 0.3) is 11.3 Å². The fourth-order valence-electron chi connectivity index (χ4n) is 2.46. The molecule has 6 nitrogen and oxygen atoms in total. The van der Waals surface area contributed by atoms with Crippen molar-refractivity contribution < 1.29 is 4.92 Å². The molecule has 1 aromatic heterocycles. The van der Waals surface area contributed by atoms with E-state index in [1.165, 1.54) is 29.0 Å². The molecule has 0 aliphatic rings. The summed E-state index contributed by atoms with van der Waals surface area (Å²) in [7, 11) is 0.